The molecule has 3 heterocycles. The highest BCUT2D eigenvalue weighted by Gasteiger charge is 2.39. The van der Waals surface area contributed by atoms with Gasteiger partial charge >= 0.3 is 0 Å². The van der Waals surface area contributed by atoms with Crippen LogP contribution in [0.4, 0.5) is 4.39 Å². The van der Waals surface area contributed by atoms with Gasteiger partial charge in [-0.05, 0) is 43.0 Å². The first kappa shape index (κ1) is 19.0. The molecule has 1 aromatic rings. The molecule has 4 rings (SSSR count). The van der Waals surface area contributed by atoms with Gasteiger partial charge in [-0.1, -0.05) is 12.1 Å². The molecule has 7 nitrogen and oxygen atoms in total. The minimum Gasteiger partial charge on any atom is -0.322 e. The number of halogens is 1. The maximum Gasteiger partial charge on any atom is 0.255 e. The zero-order valence-electron chi connectivity index (χ0n) is 15.7. The van der Waals surface area contributed by atoms with Crippen LogP contribution in [0.25, 0.3) is 0 Å². The molecular weight excluding hydrogens is 363 g/mol. The third kappa shape index (κ3) is 3.66. The first-order valence-electron chi connectivity index (χ1n) is 9.83. The van der Waals surface area contributed by atoms with Crippen molar-refractivity contribution >= 4 is 17.7 Å². The number of hydrogen-bond acceptors (Lipinski definition) is 5. The van der Waals surface area contributed by atoms with Crippen LogP contribution in [0.2, 0.25) is 0 Å². The highest BCUT2D eigenvalue weighted by molar-refractivity contribution is 6.05. The quantitative estimate of drug-likeness (QED) is 0.644. The summed E-state index contributed by atoms with van der Waals surface area (Å²) in [6.45, 7) is 2.27. The molecule has 150 valence electrons. The second kappa shape index (κ2) is 7.60. The molecule has 0 bridgehead atoms. The number of fused-ring (bicyclic) bond motifs is 1. The Labute approximate surface area is 163 Å². The van der Waals surface area contributed by atoms with Crippen LogP contribution >= 0.6 is 0 Å². The van der Waals surface area contributed by atoms with Crippen LogP contribution in [0.5, 0.6) is 0 Å². The summed E-state index contributed by atoms with van der Waals surface area (Å²) < 4.78 is 14.7. The summed E-state index contributed by atoms with van der Waals surface area (Å²) in [4.78, 5) is 37.9. The molecule has 2 fully saturated rings. The van der Waals surface area contributed by atoms with Crippen LogP contribution in [-0.4, -0.2) is 54.0 Å². The lowest BCUT2D eigenvalue weighted by molar-refractivity contribution is -0.136. The fourth-order valence-electron chi connectivity index (χ4n) is 4.32. The Hall–Kier alpha value is -2.32. The van der Waals surface area contributed by atoms with E-state index < -0.39 is 17.6 Å². The summed E-state index contributed by atoms with van der Waals surface area (Å²) in [6.07, 6.45) is 1.95. The highest BCUT2D eigenvalue weighted by Crippen LogP contribution is 2.30. The van der Waals surface area contributed by atoms with Crippen molar-refractivity contribution in [3.63, 3.8) is 0 Å². The van der Waals surface area contributed by atoms with E-state index in [1.54, 1.807) is 6.07 Å². The summed E-state index contributed by atoms with van der Waals surface area (Å²) in [5.74, 6) is -0.904. The van der Waals surface area contributed by atoms with Gasteiger partial charge in [0.15, 0.2) is 0 Å². The number of hydrogen-bond donors (Lipinski definition) is 3. The Balaban J connectivity index is 1.44. The first-order chi connectivity index (χ1) is 13.5. The zero-order valence-corrected chi connectivity index (χ0v) is 15.7. The van der Waals surface area contributed by atoms with Crippen molar-refractivity contribution in [3.8, 4) is 0 Å². The Morgan fingerprint density at radius 1 is 1.29 bits per heavy atom. The van der Waals surface area contributed by atoms with Crippen molar-refractivity contribution in [1.29, 1.82) is 0 Å². The molecule has 3 aliphatic rings. The van der Waals surface area contributed by atoms with E-state index >= 15 is 0 Å². The molecule has 1 aromatic carbocycles. The third-order valence-corrected chi connectivity index (χ3v) is 5.86. The molecular formula is C20H25FN4O3. The van der Waals surface area contributed by atoms with Crippen molar-refractivity contribution in [2.45, 2.75) is 50.5 Å². The molecule has 3 amide bonds. The molecule has 28 heavy (non-hydrogen) atoms. The second-order valence-electron chi connectivity index (χ2n) is 7.88. The molecule has 2 unspecified atom stereocenters. The van der Waals surface area contributed by atoms with Gasteiger partial charge in [0.05, 0.1) is 0 Å². The predicted molar refractivity (Wildman–Crippen MR) is 100 cm³/mol. The second-order valence-corrected chi connectivity index (χ2v) is 7.88. The van der Waals surface area contributed by atoms with Gasteiger partial charge in [-0.25, -0.2) is 4.39 Å². The van der Waals surface area contributed by atoms with Gasteiger partial charge in [-0.3, -0.25) is 19.7 Å². The SMILES string of the molecule is O=C1CCC(N2Cc3c(CNCC4(F)CCCNC4)cccc3C2=O)C(=O)N1. The van der Waals surface area contributed by atoms with Gasteiger partial charge < -0.3 is 15.5 Å². The van der Waals surface area contributed by atoms with Gasteiger partial charge in [-0.2, -0.15) is 0 Å². The minimum atomic E-state index is -1.25. The van der Waals surface area contributed by atoms with E-state index in [0.29, 0.717) is 38.0 Å². The Morgan fingerprint density at radius 2 is 2.14 bits per heavy atom. The van der Waals surface area contributed by atoms with Crippen LogP contribution < -0.4 is 16.0 Å². The van der Waals surface area contributed by atoms with E-state index in [0.717, 1.165) is 24.1 Å². The van der Waals surface area contributed by atoms with Crippen LogP contribution in [-0.2, 0) is 22.7 Å². The monoisotopic (exact) mass is 388 g/mol. The Kier molecular flexibility index (Phi) is 5.16. The smallest absolute Gasteiger partial charge is 0.255 e. The van der Waals surface area contributed by atoms with Crippen molar-refractivity contribution in [3.05, 3.63) is 34.9 Å². The Morgan fingerprint density at radius 3 is 2.89 bits per heavy atom. The van der Waals surface area contributed by atoms with Crippen molar-refractivity contribution in [2.75, 3.05) is 19.6 Å². The number of alkyl halides is 1. The highest BCUT2D eigenvalue weighted by atomic mass is 19.1. The first-order valence-corrected chi connectivity index (χ1v) is 9.83. The average Bonchev–Trinajstić information content (AvgIpc) is 3.00. The van der Waals surface area contributed by atoms with Crippen molar-refractivity contribution in [2.24, 2.45) is 0 Å². The number of carbonyl (C=O) groups is 3. The summed E-state index contributed by atoms with van der Waals surface area (Å²) in [6, 6.07) is 4.88. The van der Waals surface area contributed by atoms with E-state index in [1.807, 2.05) is 12.1 Å². The lowest BCUT2D eigenvalue weighted by Gasteiger charge is -2.30. The van der Waals surface area contributed by atoms with E-state index in [9.17, 15) is 18.8 Å². The number of amides is 3. The number of imide groups is 1. The number of rotatable bonds is 5. The number of carbonyl (C=O) groups excluding carboxylic acids is 3. The van der Waals surface area contributed by atoms with Gasteiger partial charge in [0, 0.05) is 38.2 Å². The minimum absolute atomic E-state index is 0.190. The molecule has 2 saturated heterocycles. The van der Waals surface area contributed by atoms with E-state index in [1.165, 1.54) is 4.90 Å². The maximum absolute atomic E-state index is 14.7. The molecule has 2 atom stereocenters. The summed E-state index contributed by atoms with van der Waals surface area (Å²) in [5, 5.41) is 8.60. The normalized spacial score (nSPS) is 27.7. The van der Waals surface area contributed by atoms with E-state index in [-0.39, 0.29) is 24.8 Å². The predicted octanol–water partition coefficient (Wildman–Crippen LogP) is 0.629. The third-order valence-electron chi connectivity index (χ3n) is 5.86. The molecule has 3 N–H and O–H groups in total. The molecule has 0 spiro atoms. The topological polar surface area (TPSA) is 90.5 Å². The van der Waals surface area contributed by atoms with Crippen LogP contribution in [0.1, 0.15) is 47.2 Å². The zero-order chi connectivity index (χ0) is 19.7. The van der Waals surface area contributed by atoms with Crippen molar-refractivity contribution < 1.29 is 18.8 Å². The molecule has 0 saturated carbocycles. The lowest BCUT2D eigenvalue weighted by atomic mass is 9.96. The lowest BCUT2D eigenvalue weighted by Crippen LogP contribution is -2.52. The molecule has 3 aliphatic heterocycles. The van der Waals surface area contributed by atoms with E-state index in [2.05, 4.69) is 16.0 Å². The molecule has 0 aliphatic carbocycles. The molecule has 0 radical (unpaired) electrons. The van der Waals surface area contributed by atoms with Crippen LogP contribution in [0, 0.1) is 0 Å². The van der Waals surface area contributed by atoms with Gasteiger partial charge in [0.25, 0.3) is 5.91 Å². The fraction of sp³-hybridized carbons (Fsp3) is 0.550. The summed E-state index contributed by atoms with van der Waals surface area (Å²) in [7, 11) is 0. The molecule has 8 heteroatoms. The van der Waals surface area contributed by atoms with Crippen LogP contribution in [0.3, 0.4) is 0 Å². The summed E-state index contributed by atoms with van der Waals surface area (Å²) in [5.41, 5.74) is 1.15. The van der Waals surface area contributed by atoms with Gasteiger partial charge in [-0.15, -0.1) is 0 Å². The largest absolute Gasteiger partial charge is 0.322 e. The number of nitrogens with zero attached hydrogens (tertiary/aromatic N) is 1. The van der Waals surface area contributed by atoms with Crippen LogP contribution in [0.15, 0.2) is 18.2 Å². The van der Waals surface area contributed by atoms with Crippen molar-refractivity contribution in [1.82, 2.24) is 20.9 Å². The fourth-order valence-corrected chi connectivity index (χ4v) is 4.32. The maximum atomic E-state index is 14.7. The summed E-state index contributed by atoms with van der Waals surface area (Å²) >= 11 is 0. The number of benzene rings is 1. The Bertz CT molecular complexity index is 807. The van der Waals surface area contributed by atoms with Gasteiger partial charge in [0.1, 0.15) is 11.7 Å². The number of nitrogens with one attached hydrogen (secondary N) is 3. The van der Waals surface area contributed by atoms with Gasteiger partial charge in [0.2, 0.25) is 11.8 Å². The standard InChI is InChI=1S/C20H25FN4O3/c21-20(7-2-8-22-11-20)12-23-9-13-3-1-4-14-15(13)10-25(19(14)28)16-5-6-17(26)24-18(16)27/h1,3-4,16,22-23H,2,5-12H2,(H,24,26,27). The molecule has 0 aromatic heterocycles. The number of piperidine rings is 2. The van der Waals surface area contributed by atoms with E-state index in [4.69, 9.17) is 0 Å². The average molecular weight is 388 g/mol.